The van der Waals surface area contributed by atoms with Crippen LogP contribution in [0.15, 0.2) is 66.7 Å². The molecule has 0 aliphatic rings. The Morgan fingerprint density at radius 3 is 2.08 bits per heavy atom. The third kappa shape index (κ3) is 6.60. The lowest BCUT2D eigenvalue weighted by molar-refractivity contribution is 0.572. The van der Waals surface area contributed by atoms with Crippen molar-refractivity contribution < 1.29 is 13.2 Å². The van der Waals surface area contributed by atoms with Gasteiger partial charge >= 0.3 is 0 Å². The fourth-order valence-electron chi connectivity index (χ4n) is 4.42. The molecule has 0 atom stereocenters. The van der Waals surface area contributed by atoms with Crippen LogP contribution < -0.4 is 0 Å². The van der Waals surface area contributed by atoms with E-state index in [0.717, 1.165) is 35.1 Å². The van der Waals surface area contributed by atoms with Gasteiger partial charge in [-0.3, -0.25) is 0 Å². The summed E-state index contributed by atoms with van der Waals surface area (Å²) in [6, 6.07) is 21.0. The molecule has 0 fully saturated rings. The highest BCUT2D eigenvalue weighted by molar-refractivity contribution is 5.85. The van der Waals surface area contributed by atoms with E-state index in [1.165, 1.54) is 37.3 Å². The number of nitrogens with zero attached hydrogens (tertiary/aromatic N) is 1. The Morgan fingerprint density at radius 2 is 1.38 bits per heavy atom. The van der Waals surface area contributed by atoms with Crippen LogP contribution in [0.5, 0.6) is 0 Å². The number of halogens is 3. The Labute approximate surface area is 216 Å². The predicted molar refractivity (Wildman–Crippen MR) is 143 cm³/mol. The molecule has 0 radical (unpaired) electrons. The minimum atomic E-state index is -0.900. The second-order valence-corrected chi connectivity index (χ2v) is 9.28. The van der Waals surface area contributed by atoms with Crippen LogP contribution in [0.3, 0.4) is 0 Å². The molecule has 0 spiro atoms. The van der Waals surface area contributed by atoms with Gasteiger partial charge in [-0.25, -0.2) is 13.2 Å². The quantitative estimate of drug-likeness (QED) is 0.178. The van der Waals surface area contributed by atoms with Crippen LogP contribution in [-0.4, -0.2) is 0 Å². The van der Waals surface area contributed by atoms with Crippen molar-refractivity contribution in [3.05, 3.63) is 118 Å². The first-order valence-corrected chi connectivity index (χ1v) is 12.7. The zero-order chi connectivity index (χ0) is 26.2. The molecule has 0 heterocycles. The average Bonchev–Trinajstić information content (AvgIpc) is 2.90. The number of hydrogen-bond donors (Lipinski definition) is 0. The Morgan fingerprint density at radius 1 is 0.676 bits per heavy atom. The van der Waals surface area contributed by atoms with Gasteiger partial charge in [-0.05, 0) is 84.2 Å². The van der Waals surface area contributed by atoms with Crippen LogP contribution in [0, 0.1) is 40.6 Å². The maximum Gasteiger partial charge on any atom is 0.144 e. The fraction of sp³-hybridized carbons (Fsp3) is 0.242. The molecule has 4 rings (SSSR count). The SMILES string of the molecule is CCCCCCc1ccc(C#Cc2ccc3c(F)c(CCc4cc(F)c(C#N)c(F)c4)ccc3c2)cc1. The predicted octanol–water partition coefficient (Wildman–Crippen LogP) is 8.44. The van der Waals surface area contributed by atoms with E-state index in [-0.39, 0.29) is 18.7 Å². The van der Waals surface area contributed by atoms with Gasteiger partial charge in [0.05, 0.1) is 0 Å². The highest BCUT2D eigenvalue weighted by Crippen LogP contribution is 2.24. The van der Waals surface area contributed by atoms with Gasteiger partial charge in [-0.2, -0.15) is 5.26 Å². The Bertz CT molecular complexity index is 1480. The molecule has 37 heavy (non-hydrogen) atoms. The molecule has 0 N–H and O–H groups in total. The van der Waals surface area contributed by atoms with Crippen LogP contribution in [0.2, 0.25) is 0 Å². The maximum absolute atomic E-state index is 15.2. The lowest BCUT2D eigenvalue weighted by atomic mass is 9.98. The molecule has 0 aliphatic carbocycles. The van der Waals surface area contributed by atoms with Gasteiger partial charge in [0, 0.05) is 16.5 Å². The highest BCUT2D eigenvalue weighted by atomic mass is 19.1. The fourth-order valence-corrected chi connectivity index (χ4v) is 4.42. The summed E-state index contributed by atoms with van der Waals surface area (Å²) in [5.41, 5.74) is 3.30. The van der Waals surface area contributed by atoms with Crippen LogP contribution in [0.4, 0.5) is 13.2 Å². The zero-order valence-electron chi connectivity index (χ0n) is 20.9. The van der Waals surface area contributed by atoms with E-state index in [0.29, 0.717) is 16.5 Å². The van der Waals surface area contributed by atoms with Crippen molar-refractivity contribution in [2.24, 2.45) is 0 Å². The van der Waals surface area contributed by atoms with E-state index in [4.69, 9.17) is 5.26 Å². The number of hydrogen-bond acceptors (Lipinski definition) is 1. The van der Waals surface area contributed by atoms with Gasteiger partial charge in [0.25, 0.3) is 0 Å². The zero-order valence-corrected chi connectivity index (χ0v) is 20.9. The molecule has 0 aliphatic heterocycles. The van der Waals surface area contributed by atoms with Crippen LogP contribution in [0.25, 0.3) is 10.8 Å². The summed E-state index contributed by atoms with van der Waals surface area (Å²) in [5, 5.41) is 10.0. The van der Waals surface area contributed by atoms with Crippen molar-refractivity contribution in [3.63, 3.8) is 0 Å². The van der Waals surface area contributed by atoms with Gasteiger partial charge < -0.3 is 0 Å². The van der Waals surface area contributed by atoms with E-state index in [1.54, 1.807) is 18.2 Å². The van der Waals surface area contributed by atoms with E-state index in [1.807, 2.05) is 24.3 Å². The van der Waals surface area contributed by atoms with Gasteiger partial charge in [0.15, 0.2) is 0 Å². The first-order chi connectivity index (χ1) is 18.0. The molecule has 0 unspecified atom stereocenters. The Hall–Kier alpha value is -4.02. The van der Waals surface area contributed by atoms with Crippen LogP contribution in [-0.2, 0) is 19.3 Å². The van der Waals surface area contributed by atoms with E-state index in [2.05, 4.69) is 30.9 Å². The van der Waals surface area contributed by atoms with Crippen LogP contribution in [0.1, 0.15) is 66.0 Å². The summed E-state index contributed by atoms with van der Waals surface area (Å²) in [5.74, 6) is 4.21. The number of aryl methyl sites for hydroxylation is 3. The first kappa shape index (κ1) is 26.1. The average molecular weight is 496 g/mol. The molecule has 4 aromatic carbocycles. The molecule has 186 valence electrons. The van der Waals surface area contributed by atoms with Crippen molar-refractivity contribution in [1.29, 1.82) is 5.26 Å². The number of nitriles is 1. The molecular formula is C33H28F3N. The third-order valence-corrected chi connectivity index (χ3v) is 6.55. The van der Waals surface area contributed by atoms with Crippen molar-refractivity contribution in [3.8, 4) is 17.9 Å². The summed E-state index contributed by atoms with van der Waals surface area (Å²) in [6.45, 7) is 2.21. The van der Waals surface area contributed by atoms with Crippen molar-refractivity contribution in [2.75, 3.05) is 0 Å². The Kier molecular flexibility index (Phi) is 8.65. The first-order valence-electron chi connectivity index (χ1n) is 12.7. The van der Waals surface area contributed by atoms with E-state index >= 15 is 4.39 Å². The molecule has 4 aromatic rings. The molecule has 0 saturated heterocycles. The second kappa shape index (κ2) is 12.3. The monoisotopic (exact) mass is 495 g/mol. The molecular weight excluding hydrogens is 467 g/mol. The smallest absolute Gasteiger partial charge is 0.144 e. The molecule has 0 aromatic heterocycles. The minimum Gasteiger partial charge on any atom is -0.206 e. The standard InChI is InChI=1S/C33H28F3N/c1-2-3-4-5-6-23-7-9-24(10-8-23)11-12-25-14-18-29-28(19-25)17-16-27(33(29)36)15-13-26-20-31(34)30(22-37)32(35)21-26/h7-10,14,16-21H,2-6,13,15H2,1H3. The summed E-state index contributed by atoms with van der Waals surface area (Å²) in [6.07, 6.45) is 6.61. The molecule has 1 nitrogen and oxygen atoms in total. The lowest BCUT2D eigenvalue weighted by Gasteiger charge is -2.08. The van der Waals surface area contributed by atoms with Crippen molar-refractivity contribution in [2.45, 2.75) is 51.9 Å². The normalized spacial score (nSPS) is 10.7. The molecule has 0 saturated carbocycles. The largest absolute Gasteiger partial charge is 0.206 e. The summed E-state index contributed by atoms with van der Waals surface area (Å²) < 4.78 is 42.9. The van der Waals surface area contributed by atoms with E-state index in [9.17, 15) is 8.78 Å². The lowest BCUT2D eigenvalue weighted by Crippen LogP contribution is -1.99. The third-order valence-electron chi connectivity index (χ3n) is 6.55. The van der Waals surface area contributed by atoms with Gasteiger partial charge in [0.2, 0.25) is 0 Å². The topological polar surface area (TPSA) is 23.8 Å². The van der Waals surface area contributed by atoms with Crippen molar-refractivity contribution >= 4 is 10.8 Å². The van der Waals surface area contributed by atoms with E-state index < -0.39 is 17.2 Å². The summed E-state index contributed by atoms with van der Waals surface area (Å²) in [4.78, 5) is 0. The van der Waals surface area contributed by atoms with Gasteiger partial charge in [0.1, 0.15) is 29.1 Å². The highest BCUT2D eigenvalue weighted by Gasteiger charge is 2.12. The Balaban J connectivity index is 1.44. The summed E-state index contributed by atoms with van der Waals surface area (Å²) >= 11 is 0. The van der Waals surface area contributed by atoms with Crippen LogP contribution >= 0.6 is 0 Å². The number of unbranched alkanes of at least 4 members (excludes halogenated alkanes) is 3. The number of fused-ring (bicyclic) bond motifs is 1. The minimum absolute atomic E-state index is 0.253. The molecule has 4 heteroatoms. The second-order valence-electron chi connectivity index (χ2n) is 9.28. The summed E-state index contributed by atoms with van der Waals surface area (Å²) in [7, 11) is 0. The number of benzene rings is 4. The van der Waals surface area contributed by atoms with Gasteiger partial charge in [-0.15, -0.1) is 0 Å². The molecule has 0 amide bonds. The van der Waals surface area contributed by atoms with Crippen molar-refractivity contribution in [1.82, 2.24) is 0 Å². The number of rotatable bonds is 8. The van der Waals surface area contributed by atoms with Gasteiger partial charge in [-0.1, -0.05) is 68.4 Å². The maximum atomic E-state index is 15.2. The molecule has 0 bridgehead atoms.